The Balaban J connectivity index is 0.000000280. The SMILES string of the molecule is CS(=O)(=O)[O-].[Pd+][c]1ccccc1-c1ccccc1. The van der Waals surface area contributed by atoms with Crippen molar-refractivity contribution in [2.24, 2.45) is 0 Å². The van der Waals surface area contributed by atoms with Gasteiger partial charge in [0.15, 0.2) is 0 Å². The molecule has 0 radical (unpaired) electrons. The summed E-state index contributed by atoms with van der Waals surface area (Å²) in [6.07, 6.45) is 0.604. The zero-order valence-electron chi connectivity index (χ0n) is 9.65. The first kappa shape index (κ1) is 15.1. The van der Waals surface area contributed by atoms with Crippen molar-refractivity contribution >= 4 is 14.2 Å². The molecule has 0 spiro atoms. The van der Waals surface area contributed by atoms with E-state index in [0.29, 0.717) is 6.26 Å². The topological polar surface area (TPSA) is 57.2 Å². The van der Waals surface area contributed by atoms with Crippen LogP contribution in [0.2, 0.25) is 0 Å². The third-order valence-electron chi connectivity index (χ3n) is 1.93. The summed E-state index contributed by atoms with van der Waals surface area (Å²) in [5.74, 6) is 0. The van der Waals surface area contributed by atoms with Gasteiger partial charge in [-0.1, -0.05) is 0 Å². The monoisotopic (exact) mass is 354 g/mol. The van der Waals surface area contributed by atoms with Crippen LogP contribution in [0.15, 0.2) is 54.6 Å². The molecule has 2 rings (SSSR count). The molecule has 18 heavy (non-hydrogen) atoms. The summed E-state index contributed by atoms with van der Waals surface area (Å²) < 4.78 is 28.4. The van der Waals surface area contributed by atoms with E-state index >= 15 is 0 Å². The molecule has 0 aromatic heterocycles. The molecule has 98 valence electrons. The molecule has 2 aromatic carbocycles. The summed E-state index contributed by atoms with van der Waals surface area (Å²) in [5.41, 5.74) is 2.51. The molecule has 3 nitrogen and oxygen atoms in total. The van der Waals surface area contributed by atoms with E-state index in [1.54, 1.807) is 0 Å². The van der Waals surface area contributed by atoms with Gasteiger partial charge in [0, 0.05) is 6.26 Å². The van der Waals surface area contributed by atoms with Crippen LogP contribution in [0.4, 0.5) is 0 Å². The van der Waals surface area contributed by atoms with Crippen molar-refractivity contribution in [3.8, 4) is 11.1 Å². The second-order valence-corrected chi connectivity index (χ2v) is 5.76. The molecule has 0 unspecified atom stereocenters. The first-order valence-corrected chi connectivity index (χ1v) is 7.65. The Kier molecular flexibility index (Phi) is 5.71. The molecular weight excluding hydrogens is 343 g/mol. The third-order valence-corrected chi connectivity index (χ3v) is 2.61. The minimum absolute atomic E-state index is 0.604. The average Bonchev–Trinajstić information content (AvgIpc) is 2.29. The van der Waals surface area contributed by atoms with Crippen molar-refractivity contribution in [1.29, 1.82) is 0 Å². The van der Waals surface area contributed by atoms with Gasteiger partial charge in [-0.2, -0.15) is 0 Å². The zero-order valence-corrected chi connectivity index (χ0v) is 12.0. The molecule has 0 saturated heterocycles. The minimum atomic E-state index is -3.92. The van der Waals surface area contributed by atoms with Gasteiger partial charge in [-0.3, -0.25) is 0 Å². The molecule has 0 saturated carbocycles. The predicted molar refractivity (Wildman–Crippen MR) is 67.1 cm³/mol. The number of hydrogen-bond acceptors (Lipinski definition) is 3. The normalized spacial score (nSPS) is 10.4. The van der Waals surface area contributed by atoms with E-state index < -0.39 is 10.1 Å². The van der Waals surface area contributed by atoms with Gasteiger partial charge < -0.3 is 4.55 Å². The Bertz CT molecular complexity index is 587. The number of rotatable bonds is 1. The van der Waals surface area contributed by atoms with Gasteiger partial charge in [-0.15, -0.1) is 0 Å². The van der Waals surface area contributed by atoms with E-state index in [9.17, 15) is 0 Å². The molecule has 0 amide bonds. The van der Waals surface area contributed by atoms with Crippen molar-refractivity contribution in [3.05, 3.63) is 54.6 Å². The van der Waals surface area contributed by atoms with E-state index in [1.165, 1.54) is 15.2 Å². The van der Waals surface area contributed by atoms with Gasteiger partial charge in [0.2, 0.25) is 0 Å². The van der Waals surface area contributed by atoms with Crippen LogP contribution in [0.3, 0.4) is 0 Å². The Morgan fingerprint density at radius 2 is 1.39 bits per heavy atom. The van der Waals surface area contributed by atoms with Gasteiger partial charge in [-0.05, 0) is 0 Å². The molecule has 0 fully saturated rings. The van der Waals surface area contributed by atoms with E-state index in [1.807, 2.05) is 12.1 Å². The maximum absolute atomic E-state index is 9.08. The van der Waals surface area contributed by atoms with Gasteiger partial charge in [0.05, 0.1) is 10.1 Å². The quantitative estimate of drug-likeness (QED) is 0.578. The van der Waals surface area contributed by atoms with Crippen molar-refractivity contribution in [2.75, 3.05) is 6.26 Å². The summed E-state index contributed by atoms with van der Waals surface area (Å²) >= 11 is 3.25. The Morgan fingerprint density at radius 3 is 1.89 bits per heavy atom. The summed E-state index contributed by atoms with van der Waals surface area (Å²) in [5, 5.41) is 0. The second-order valence-electron chi connectivity index (χ2n) is 3.52. The van der Waals surface area contributed by atoms with Crippen LogP contribution in [0.5, 0.6) is 0 Å². The number of benzene rings is 2. The van der Waals surface area contributed by atoms with Gasteiger partial charge in [0.1, 0.15) is 0 Å². The van der Waals surface area contributed by atoms with Crippen LogP contribution >= 0.6 is 0 Å². The Morgan fingerprint density at radius 1 is 0.944 bits per heavy atom. The average molecular weight is 355 g/mol. The van der Waals surface area contributed by atoms with Crippen LogP contribution in [-0.4, -0.2) is 19.2 Å². The molecule has 0 aliphatic rings. The Labute approximate surface area is 118 Å². The van der Waals surface area contributed by atoms with E-state index in [-0.39, 0.29) is 0 Å². The zero-order chi connectivity index (χ0) is 13.6. The van der Waals surface area contributed by atoms with Crippen LogP contribution in [-0.2, 0) is 29.3 Å². The first-order valence-electron chi connectivity index (χ1n) is 5.05. The molecule has 0 bridgehead atoms. The standard InChI is InChI=1S/C12H9.CH4O3S.Pd/c1-3-7-11(8-4-1)12-9-5-2-6-10-12;1-5(2,3)4;/h1-9H;1H3,(H,2,3,4);/q;;+1/p-1. The molecular formula is C13H12O3PdS. The van der Waals surface area contributed by atoms with Gasteiger partial charge >= 0.3 is 89.0 Å². The number of hydrogen-bond donors (Lipinski definition) is 0. The second kappa shape index (κ2) is 6.81. The van der Waals surface area contributed by atoms with E-state index in [4.69, 9.17) is 13.0 Å². The first-order chi connectivity index (χ1) is 8.38. The molecule has 0 aliphatic carbocycles. The van der Waals surface area contributed by atoms with Crippen LogP contribution < -0.4 is 4.04 Å². The molecule has 0 heterocycles. The summed E-state index contributed by atoms with van der Waals surface area (Å²) in [7, 11) is -3.92. The maximum atomic E-state index is 9.08. The van der Waals surface area contributed by atoms with Gasteiger partial charge in [-0.25, -0.2) is 8.42 Å². The van der Waals surface area contributed by atoms with Gasteiger partial charge in [0.25, 0.3) is 0 Å². The van der Waals surface area contributed by atoms with Crippen molar-refractivity contribution in [3.63, 3.8) is 0 Å². The molecule has 0 N–H and O–H groups in total. The fourth-order valence-corrected chi connectivity index (χ4v) is 1.80. The molecule has 0 aliphatic heterocycles. The summed E-state index contributed by atoms with van der Waals surface area (Å²) in [6.45, 7) is 0. The van der Waals surface area contributed by atoms with Crippen LogP contribution in [0.1, 0.15) is 0 Å². The van der Waals surface area contributed by atoms with E-state index in [2.05, 4.69) is 61.7 Å². The molecule has 5 heteroatoms. The van der Waals surface area contributed by atoms with E-state index in [0.717, 1.165) is 0 Å². The Hall–Kier alpha value is -0.988. The molecule has 2 aromatic rings. The summed E-state index contributed by atoms with van der Waals surface area (Å²) in [6, 6.07) is 18.7. The fourth-order valence-electron chi connectivity index (χ4n) is 1.29. The summed E-state index contributed by atoms with van der Waals surface area (Å²) in [4.78, 5) is 0. The van der Waals surface area contributed by atoms with Crippen molar-refractivity contribution in [1.82, 2.24) is 0 Å². The third kappa shape index (κ3) is 6.08. The van der Waals surface area contributed by atoms with Crippen molar-refractivity contribution < 1.29 is 32.2 Å². The van der Waals surface area contributed by atoms with Crippen molar-refractivity contribution in [2.45, 2.75) is 0 Å². The predicted octanol–water partition coefficient (Wildman–Crippen LogP) is 1.69. The van der Waals surface area contributed by atoms with Crippen LogP contribution in [0, 0.1) is 0 Å². The van der Waals surface area contributed by atoms with Crippen LogP contribution in [0.25, 0.3) is 11.1 Å². The fraction of sp³-hybridized carbons (Fsp3) is 0.0769. The molecule has 0 atom stereocenters.